The van der Waals surface area contributed by atoms with Crippen molar-refractivity contribution in [1.29, 1.82) is 0 Å². The Morgan fingerprint density at radius 1 is 1.37 bits per heavy atom. The van der Waals surface area contributed by atoms with E-state index in [4.69, 9.17) is 5.84 Å². The summed E-state index contributed by atoms with van der Waals surface area (Å²) < 4.78 is 0. The van der Waals surface area contributed by atoms with Crippen molar-refractivity contribution in [3.05, 3.63) is 0 Å². The normalized spacial score (nSPS) is 29.9. The summed E-state index contributed by atoms with van der Waals surface area (Å²) in [7, 11) is 2.25. The van der Waals surface area contributed by atoms with Crippen molar-refractivity contribution >= 4 is 5.91 Å². The molecule has 2 fully saturated rings. The first-order valence-corrected chi connectivity index (χ1v) is 7.37. The molecule has 0 aromatic rings. The lowest BCUT2D eigenvalue weighted by molar-refractivity contribution is -0.131. The lowest BCUT2D eigenvalue weighted by Gasteiger charge is -2.47. The van der Waals surface area contributed by atoms with E-state index in [0.29, 0.717) is 0 Å². The summed E-state index contributed by atoms with van der Waals surface area (Å²) in [6.07, 6.45) is 3.86. The van der Waals surface area contributed by atoms with Crippen LogP contribution in [0.3, 0.4) is 0 Å². The second kappa shape index (κ2) is 5.77. The molecule has 5 heteroatoms. The van der Waals surface area contributed by atoms with Crippen LogP contribution in [0.25, 0.3) is 0 Å². The number of piperidine rings is 2. The lowest BCUT2D eigenvalue weighted by Crippen LogP contribution is -2.55. The fourth-order valence-corrected chi connectivity index (χ4v) is 3.70. The minimum Gasteiger partial charge on any atom is -0.303 e. The number of likely N-dealkylation sites (tertiary alicyclic amines) is 2. The number of rotatable bonds is 3. The summed E-state index contributed by atoms with van der Waals surface area (Å²) in [5.74, 6) is 5.96. The second-order valence-corrected chi connectivity index (χ2v) is 6.83. The number of nitrogens with zero attached hydrogens (tertiary/aromatic N) is 2. The van der Waals surface area contributed by atoms with Gasteiger partial charge in [0, 0.05) is 19.1 Å². The quantitative estimate of drug-likeness (QED) is 0.442. The van der Waals surface area contributed by atoms with Crippen LogP contribution in [0.4, 0.5) is 0 Å². The van der Waals surface area contributed by atoms with Crippen LogP contribution in [0.5, 0.6) is 0 Å². The average molecular weight is 268 g/mol. The highest BCUT2D eigenvalue weighted by Gasteiger charge is 2.37. The molecular weight excluding hydrogens is 240 g/mol. The number of carbonyl (C=O) groups excluding carboxylic acids is 1. The SMILES string of the molecule is CN1CCCC2CN(CC(C)(C)C(=O)NN)CCC21. The molecule has 0 bridgehead atoms. The van der Waals surface area contributed by atoms with Crippen LogP contribution in [0, 0.1) is 11.3 Å². The summed E-state index contributed by atoms with van der Waals surface area (Å²) in [6.45, 7) is 8.18. The highest BCUT2D eigenvalue weighted by atomic mass is 16.2. The van der Waals surface area contributed by atoms with Crippen LogP contribution in [-0.2, 0) is 4.79 Å². The van der Waals surface area contributed by atoms with Gasteiger partial charge in [-0.1, -0.05) is 0 Å². The predicted octanol–water partition coefficient (Wildman–Crippen LogP) is 0.419. The number of carbonyl (C=O) groups is 1. The summed E-state index contributed by atoms with van der Waals surface area (Å²) >= 11 is 0. The number of nitrogens with two attached hydrogens (primary N) is 1. The lowest BCUT2D eigenvalue weighted by atomic mass is 9.82. The van der Waals surface area contributed by atoms with Gasteiger partial charge in [-0.2, -0.15) is 0 Å². The fourth-order valence-electron chi connectivity index (χ4n) is 3.70. The Hall–Kier alpha value is -0.650. The van der Waals surface area contributed by atoms with Crippen LogP contribution >= 0.6 is 0 Å². The summed E-state index contributed by atoms with van der Waals surface area (Å²) in [5.41, 5.74) is 1.87. The predicted molar refractivity (Wildman–Crippen MR) is 76.3 cm³/mol. The summed E-state index contributed by atoms with van der Waals surface area (Å²) in [4.78, 5) is 16.7. The molecule has 2 aliphatic heterocycles. The largest absolute Gasteiger partial charge is 0.303 e. The summed E-state index contributed by atoms with van der Waals surface area (Å²) in [5, 5.41) is 0. The standard InChI is InChI=1S/C14H28N4O/c1-14(2,13(19)16-15)10-18-8-6-12-11(9-18)5-4-7-17(12)3/h11-12H,4-10,15H2,1-3H3,(H,16,19). The molecule has 0 spiro atoms. The van der Waals surface area contributed by atoms with Gasteiger partial charge in [0.15, 0.2) is 0 Å². The second-order valence-electron chi connectivity index (χ2n) is 6.83. The van der Waals surface area contributed by atoms with Crippen molar-refractivity contribution in [2.75, 3.05) is 33.2 Å². The molecule has 0 saturated carbocycles. The van der Waals surface area contributed by atoms with Crippen molar-refractivity contribution in [2.24, 2.45) is 17.2 Å². The highest BCUT2D eigenvalue weighted by Crippen LogP contribution is 2.31. The van der Waals surface area contributed by atoms with Gasteiger partial charge in [0.1, 0.15) is 0 Å². The minimum absolute atomic E-state index is 0.0737. The molecule has 19 heavy (non-hydrogen) atoms. The van der Waals surface area contributed by atoms with E-state index in [1.807, 2.05) is 13.8 Å². The molecule has 2 unspecified atom stereocenters. The van der Waals surface area contributed by atoms with E-state index in [-0.39, 0.29) is 5.91 Å². The van der Waals surface area contributed by atoms with Crippen LogP contribution in [0.15, 0.2) is 0 Å². The van der Waals surface area contributed by atoms with Gasteiger partial charge in [-0.15, -0.1) is 0 Å². The Bertz CT molecular complexity index is 331. The van der Waals surface area contributed by atoms with Gasteiger partial charge in [-0.25, -0.2) is 5.84 Å². The molecular formula is C14H28N4O. The third-order valence-corrected chi connectivity index (χ3v) is 4.79. The van der Waals surface area contributed by atoms with Gasteiger partial charge >= 0.3 is 0 Å². The molecule has 0 radical (unpaired) electrons. The molecule has 5 nitrogen and oxygen atoms in total. The number of amides is 1. The molecule has 0 aromatic carbocycles. The van der Waals surface area contributed by atoms with Gasteiger partial charge in [0.25, 0.3) is 0 Å². The maximum atomic E-state index is 11.8. The Morgan fingerprint density at radius 3 is 2.79 bits per heavy atom. The van der Waals surface area contributed by atoms with Crippen molar-refractivity contribution in [2.45, 2.75) is 39.2 Å². The van der Waals surface area contributed by atoms with Crippen LogP contribution in [-0.4, -0.2) is 55.0 Å². The van der Waals surface area contributed by atoms with Crippen LogP contribution in [0.1, 0.15) is 33.1 Å². The van der Waals surface area contributed by atoms with E-state index in [1.54, 1.807) is 0 Å². The van der Waals surface area contributed by atoms with Crippen molar-refractivity contribution in [3.8, 4) is 0 Å². The van der Waals surface area contributed by atoms with Crippen LogP contribution < -0.4 is 11.3 Å². The van der Waals surface area contributed by atoms with Gasteiger partial charge in [-0.3, -0.25) is 10.2 Å². The Kier molecular flexibility index (Phi) is 4.48. The van der Waals surface area contributed by atoms with Crippen molar-refractivity contribution in [3.63, 3.8) is 0 Å². The van der Waals surface area contributed by atoms with E-state index in [0.717, 1.165) is 31.6 Å². The molecule has 3 N–H and O–H groups in total. The van der Waals surface area contributed by atoms with E-state index in [9.17, 15) is 4.79 Å². The highest BCUT2D eigenvalue weighted by molar-refractivity contribution is 5.81. The molecule has 2 aliphatic rings. The number of hydrogen-bond acceptors (Lipinski definition) is 4. The van der Waals surface area contributed by atoms with Gasteiger partial charge in [-0.05, 0) is 59.2 Å². The number of hydrogen-bond donors (Lipinski definition) is 2. The summed E-state index contributed by atoms with van der Waals surface area (Å²) in [6, 6.07) is 0.747. The van der Waals surface area contributed by atoms with E-state index < -0.39 is 5.41 Å². The topological polar surface area (TPSA) is 61.6 Å². The number of nitrogens with one attached hydrogen (secondary N) is 1. The first kappa shape index (κ1) is 14.8. The maximum Gasteiger partial charge on any atom is 0.240 e. The monoisotopic (exact) mass is 268 g/mol. The maximum absolute atomic E-state index is 11.8. The number of fused-ring (bicyclic) bond motifs is 1. The molecule has 2 saturated heterocycles. The molecule has 0 aliphatic carbocycles. The van der Waals surface area contributed by atoms with E-state index in [1.165, 1.54) is 25.8 Å². The average Bonchev–Trinajstić information content (AvgIpc) is 2.37. The molecule has 1 amide bonds. The molecule has 0 aromatic heterocycles. The minimum atomic E-state index is -0.415. The van der Waals surface area contributed by atoms with E-state index in [2.05, 4.69) is 22.3 Å². The molecule has 2 rings (SSSR count). The molecule has 2 atom stereocenters. The Morgan fingerprint density at radius 2 is 2.11 bits per heavy atom. The zero-order valence-corrected chi connectivity index (χ0v) is 12.5. The number of hydrazine groups is 1. The smallest absolute Gasteiger partial charge is 0.240 e. The van der Waals surface area contributed by atoms with Crippen molar-refractivity contribution in [1.82, 2.24) is 15.2 Å². The Balaban J connectivity index is 1.92. The van der Waals surface area contributed by atoms with Crippen LogP contribution in [0.2, 0.25) is 0 Å². The third-order valence-electron chi connectivity index (χ3n) is 4.79. The van der Waals surface area contributed by atoms with Gasteiger partial charge < -0.3 is 9.80 Å². The zero-order valence-electron chi connectivity index (χ0n) is 12.5. The zero-order chi connectivity index (χ0) is 14.0. The third kappa shape index (κ3) is 3.27. The molecule has 2 heterocycles. The Labute approximate surface area is 116 Å². The van der Waals surface area contributed by atoms with E-state index >= 15 is 0 Å². The first-order valence-electron chi connectivity index (χ1n) is 7.37. The first-order chi connectivity index (χ1) is 8.94. The van der Waals surface area contributed by atoms with Gasteiger partial charge in [0.2, 0.25) is 5.91 Å². The molecule has 110 valence electrons. The van der Waals surface area contributed by atoms with Crippen molar-refractivity contribution < 1.29 is 4.79 Å². The van der Waals surface area contributed by atoms with Gasteiger partial charge in [0.05, 0.1) is 5.41 Å². The fraction of sp³-hybridized carbons (Fsp3) is 0.929.